The van der Waals surface area contributed by atoms with E-state index < -0.39 is 11.4 Å². The Morgan fingerprint density at radius 3 is 1.55 bits per heavy atom. The molecule has 0 aliphatic heterocycles. The van der Waals surface area contributed by atoms with Gasteiger partial charge in [-0.25, -0.2) is 4.79 Å². The Morgan fingerprint density at radius 1 is 0.596 bits per heavy atom. The predicted octanol–water partition coefficient (Wildman–Crippen LogP) is 10.8. The number of carbonyl (C=O) groups is 2. The topological polar surface area (TPSA) is 52.6 Å². The van der Waals surface area contributed by atoms with Crippen molar-refractivity contribution in [2.45, 2.75) is 66.4 Å². The van der Waals surface area contributed by atoms with E-state index in [1.807, 2.05) is 63.2 Å². The standard InChI is InChI=1S/C43H42O4/c1-7-43(5,6)40(44)30-18-20-31(21-19-30)41(45)46-38-24-32-22-23-33-25-39(47-42(2,3)4)37(29-16-12-9-13-17-29)27-35(33)34(32)26-36(38)28-14-10-8-11-15-28/h8-21,24-27H,7,22-23H2,1-6H3. The van der Waals surface area contributed by atoms with Crippen molar-refractivity contribution in [3.63, 3.8) is 0 Å². The monoisotopic (exact) mass is 622 g/mol. The Balaban J connectivity index is 1.41. The smallest absolute Gasteiger partial charge is 0.343 e. The van der Waals surface area contributed by atoms with Crippen molar-refractivity contribution in [1.29, 1.82) is 0 Å². The normalized spacial score (nSPS) is 12.6. The molecule has 0 atom stereocenters. The second kappa shape index (κ2) is 12.7. The number of esters is 1. The molecule has 0 saturated carbocycles. The molecule has 1 aliphatic carbocycles. The van der Waals surface area contributed by atoms with Crippen LogP contribution in [0.3, 0.4) is 0 Å². The van der Waals surface area contributed by atoms with Crippen LogP contribution < -0.4 is 9.47 Å². The summed E-state index contributed by atoms with van der Waals surface area (Å²) in [5, 5.41) is 0. The van der Waals surface area contributed by atoms with Crippen LogP contribution in [0.4, 0.5) is 0 Å². The summed E-state index contributed by atoms with van der Waals surface area (Å²) < 4.78 is 12.7. The molecular formula is C43H42O4. The highest BCUT2D eigenvalue weighted by molar-refractivity contribution is 6.01. The van der Waals surface area contributed by atoms with E-state index in [1.54, 1.807) is 24.3 Å². The highest BCUT2D eigenvalue weighted by Gasteiger charge is 2.28. The van der Waals surface area contributed by atoms with Crippen LogP contribution in [-0.2, 0) is 12.8 Å². The number of rotatable bonds is 8. The van der Waals surface area contributed by atoms with Crippen LogP contribution in [0.5, 0.6) is 11.5 Å². The summed E-state index contributed by atoms with van der Waals surface area (Å²) in [6, 6.07) is 35.9. The van der Waals surface area contributed by atoms with Gasteiger partial charge in [0.2, 0.25) is 0 Å². The van der Waals surface area contributed by atoms with Crippen LogP contribution in [0.25, 0.3) is 33.4 Å². The number of aryl methyl sites for hydroxylation is 2. The van der Waals surface area contributed by atoms with Crippen LogP contribution in [0.2, 0.25) is 0 Å². The molecule has 4 nitrogen and oxygen atoms in total. The highest BCUT2D eigenvalue weighted by atomic mass is 16.5. The summed E-state index contributed by atoms with van der Waals surface area (Å²) >= 11 is 0. The van der Waals surface area contributed by atoms with E-state index in [9.17, 15) is 9.59 Å². The van der Waals surface area contributed by atoms with E-state index in [0.29, 0.717) is 16.9 Å². The Kier molecular flexibility index (Phi) is 8.63. The number of ketones is 1. The second-order valence-electron chi connectivity index (χ2n) is 14.0. The van der Waals surface area contributed by atoms with Crippen LogP contribution in [-0.4, -0.2) is 17.4 Å². The molecule has 0 aromatic heterocycles. The van der Waals surface area contributed by atoms with E-state index in [4.69, 9.17) is 9.47 Å². The number of carbonyl (C=O) groups excluding carboxylic acids is 2. The fourth-order valence-electron chi connectivity index (χ4n) is 6.08. The minimum Gasteiger partial charge on any atom is -0.487 e. The fraction of sp³-hybridized carbons (Fsp3) is 0.256. The summed E-state index contributed by atoms with van der Waals surface area (Å²) in [7, 11) is 0. The molecule has 4 heteroatoms. The van der Waals surface area contributed by atoms with Crippen molar-refractivity contribution < 1.29 is 19.1 Å². The first kappa shape index (κ1) is 32.0. The molecule has 5 aromatic carbocycles. The number of fused-ring (bicyclic) bond motifs is 3. The molecule has 47 heavy (non-hydrogen) atoms. The van der Waals surface area contributed by atoms with Gasteiger partial charge in [0, 0.05) is 22.1 Å². The van der Waals surface area contributed by atoms with Gasteiger partial charge in [0.25, 0.3) is 0 Å². The molecule has 0 spiro atoms. The minimum atomic E-state index is -0.461. The first-order valence-electron chi connectivity index (χ1n) is 16.4. The number of hydrogen-bond donors (Lipinski definition) is 0. The van der Waals surface area contributed by atoms with Crippen molar-refractivity contribution in [3.05, 3.63) is 131 Å². The van der Waals surface area contributed by atoms with Crippen LogP contribution >= 0.6 is 0 Å². The molecule has 5 aromatic rings. The van der Waals surface area contributed by atoms with Crippen molar-refractivity contribution in [3.8, 4) is 44.9 Å². The first-order chi connectivity index (χ1) is 22.4. The van der Waals surface area contributed by atoms with Gasteiger partial charge >= 0.3 is 5.97 Å². The molecule has 0 heterocycles. The van der Waals surface area contributed by atoms with Gasteiger partial charge in [-0.15, -0.1) is 0 Å². The Labute approximate surface area is 278 Å². The third-order valence-corrected chi connectivity index (χ3v) is 9.03. The summed E-state index contributed by atoms with van der Waals surface area (Å²) in [5.41, 5.74) is 8.81. The molecule has 238 valence electrons. The van der Waals surface area contributed by atoms with Gasteiger partial charge in [-0.05, 0) is 110 Å². The lowest BCUT2D eigenvalue weighted by molar-refractivity contribution is 0.0734. The molecule has 0 unspecified atom stereocenters. The highest BCUT2D eigenvalue weighted by Crippen LogP contribution is 2.45. The average molecular weight is 623 g/mol. The zero-order valence-electron chi connectivity index (χ0n) is 28.1. The van der Waals surface area contributed by atoms with Gasteiger partial charge in [-0.3, -0.25) is 4.79 Å². The molecule has 0 radical (unpaired) electrons. The third-order valence-electron chi connectivity index (χ3n) is 9.03. The summed E-state index contributed by atoms with van der Waals surface area (Å²) in [4.78, 5) is 26.5. The predicted molar refractivity (Wildman–Crippen MR) is 190 cm³/mol. The van der Waals surface area contributed by atoms with Crippen LogP contribution in [0.1, 0.15) is 79.8 Å². The largest absolute Gasteiger partial charge is 0.487 e. The van der Waals surface area contributed by atoms with Crippen LogP contribution in [0, 0.1) is 5.41 Å². The summed E-state index contributed by atoms with van der Waals surface area (Å²) in [5.74, 6) is 1.01. The Morgan fingerprint density at radius 2 is 1.06 bits per heavy atom. The minimum absolute atomic E-state index is 0.0637. The van der Waals surface area contributed by atoms with Crippen molar-refractivity contribution in [2.24, 2.45) is 5.41 Å². The molecular weight excluding hydrogens is 580 g/mol. The lowest BCUT2D eigenvalue weighted by Crippen LogP contribution is -2.23. The van der Waals surface area contributed by atoms with E-state index in [2.05, 4.69) is 63.2 Å². The van der Waals surface area contributed by atoms with E-state index in [0.717, 1.165) is 64.0 Å². The molecule has 6 rings (SSSR count). The van der Waals surface area contributed by atoms with Crippen molar-refractivity contribution in [2.75, 3.05) is 0 Å². The van der Waals surface area contributed by atoms with Gasteiger partial charge in [0.05, 0.1) is 5.56 Å². The first-order valence-corrected chi connectivity index (χ1v) is 16.4. The SMILES string of the molecule is CCC(C)(C)C(=O)c1ccc(C(=O)Oc2cc3c(cc2-c2ccccc2)-c2cc(-c4ccccc4)c(OC(C)(C)C)cc2CC3)cc1. The van der Waals surface area contributed by atoms with E-state index >= 15 is 0 Å². The maximum Gasteiger partial charge on any atom is 0.343 e. The van der Waals surface area contributed by atoms with Gasteiger partial charge < -0.3 is 9.47 Å². The van der Waals surface area contributed by atoms with Crippen molar-refractivity contribution in [1.82, 2.24) is 0 Å². The van der Waals surface area contributed by atoms with Crippen molar-refractivity contribution >= 4 is 11.8 Å². The number of ether oxygens (including phenoxy) is 2. The number of Topliss-reactive ketones (excluding diaryl/α,β-unsaturated/α-hetero) is 1. The molecule has 0 amide bonds. The van der Waals surface area contributed by atoms with E-state index in [-0.39, 0.29) is 11.4 Å². The molecule has 1 aliphatic rings. The maximum atomic E-state index is 13.5. The zero-order valence-corrected chi connectivity index (χ0v) is 28.1. The molecule has 0 bridgehead atoms. The van der Waals surface area contributed by atoms with Gasteiger partial charge in [0.15, 0.2) is 5.78 Å². The Bertz CT molecular complexity index is 1930. The lowest BCUT2D eigenvalue weighted by atomic mass is 9.82. The van der Waals surface area contributed by atoms with Crippen LogP contribution in [0.15, 0.2) is 109 Å². The third kappa shape index (κ3) is 6.78. The van der Waals surface area contributed by atoms with E-state index in [1.165, 1.54) is 5.56 Å². The van der Waals surface area contributed by atoms with Gasteiger partial charge in [0.1, 0.15) is 17.1 Å². The van der Waals surface area contributed by atoms with Gasteiger partial charge in [-0.2, -0.15) is 0 Å². The summed E-state index contributed by atoms with van der Waals surface area (Å²) in [6.07, 6.45) is 2.39. The Hall–Kier alpha value is -4.96. The molecule has 0 N–H and O–H groups in total. The average Bonchev–Trinajstić information content (AvgIpc) is 3.07. The number of benzene rings is 5. The quantitative estimate of drug-likeness (QED) is 0.0981. The maximum absolute atomic E-state index is 13.5. The number of hydrogen-bond acceptors (Lipinski definition) is 4. The molecule has 0 saturated heterocycles. The summed E-state index contributed by atoms with van der Waals surface area (Å²) in [6.45, 7) is 12.1. The lowest BCUT2D eigenvalue weighted by Gasteiger charge is -2.28. The second-order valence-corrected chi connectivity index (χ2v) is 14.0. The fourth-order valence-corrected chi connectivity index (χ4v) is 6.08. The molecule has 0 fully saturated rings. The van der Waals surface area contributed by atoms with Gasteiger partial charge in [-0.1, -0.05) is 93.6 Å². The zero-order chi connectivity index (χ0) is 33.3.